The largest absolute Gasteiger partial charge is 0.409 e. The number of hydrogen-bond donors (Lipinski definition) is 3. The Labute approximate surface area is 127 Å². The maximum absolute atomic E-state index is 10.2. The first-order valence-corrected chi connectivity index (χ1v) is 7.53. The molecule has 2 atom stereocenters. The standard InChI is InChI=1S/C14H20BrN3O2/c1-18(10-6-2-3-8-12(10)19)11-7-4-5-9(15)13(11)14(16)17-20/h4-5,7,10,12,19-20H,2-3,6,8H2,1H3,(H2,16,17). The van der Waals surface area contributed by atoms with E-state index in [-0.39, 0.29) is 18.0 Å². The van der Waals surface area contributed by atoms with Crippen LogP contribution in [0.1, 0.15) is 31.2 Å². The van der Waals surface area contributed by atoms with E-state index in [1.54, 1.807) is 0 Å². The Balaban J connectivity index is 2.39. The summed E-state index contributed by atoms with van der Waals surface area (Å²) in [6, 6.07) is 5.73. The van der Waals surface area contributed by atoms with Crippen LogP contribution in [0.3, 0.4) is 0 Å². The Morgan fingerprint density at radius 3 is 2.75 bits per heavy atom. The third-order valence-electron chi connectivity index (χ3n) is 3.93. The van der Waals surface area contributed by atoms with Gasteiger partial charge in [0.05, 0.1) is 17.7 Å². The lowest BCUT2D eigenvalue weighted by atomic mass is 9.91. The van der Waals surface area contributed by atoms with Gasteiger partial charge >= 0.3 is 0 Å². The van der Waals surface area contributed by atoms with Crippen molar-refractivity contribution >= 4 is 27.5 Å². The lowest BCUT2D eigenvalue weighted by Crippen LogP contribution is -2.44. The molecule has 0 spiro atoms. The number of rotatable bonds is 3. The van der Waals surface area contributed by atoms with Crippen molar-refractivity contribution in [2.24, 2.45) is 10.9 Å². The van der Waals surface area contributed by atoms with Gasteiger partial charge in [-0.2, -0.15) is 0 Å². The summed E-state index contributed by atoms with van der Waals surface area (Å²) in [4.78, 5) is 2.03. The van der Waals surface area contributed by atoms with E-state index in [1.165, 1.54) is 0 Å². The summed E-state index contributed by atoms with van der Waals surface area (Å²) in [5, 5.41) is 22.2. The summed E-state index contributed by atoms with van der Waals surface area (Å²) in [5.41, 5.74) is 7.27. The van der Waals surface area contributed by atoms with Crippen molar-refractivity contribution in [1.29, 1.82) is 0 Å². The summed E-state index contributed by atoms with van der Waals surface area (Å²) in [6.45, 7) is 0. The highest BCUT2D eigenvalue weighted by Gasteiger charge is 2.28. The maximum Gasteiger partial charge on any atom is 0.173 e. The van der Waals surface area contributed by atoms with E-state index in [1.807, 2.05) is 30.1 Å². The van der Waals surface area contributed by atoms with Gasteiger partial charge in [-0.25, -0.2) is 0 Å². The van der Waals surface area contributed by atoms with Crippen molar-refractivity contribution < 1.29 is 10.3 Å². The second kappa shape index (κ2) is 6.45. The van der Waals surface area contributed by atoms with E-state index in [9.17, 15) is 5.11 Å². The first kappa shape index (κ1) is 15.1. The molecule has 1 aromatic rings. The zero-order chi connectivity index (χ0) is 14.7. The molecule has 1 aromatic carbocycles. The molecule has 1 saturated carbocycles. The summed E-state index contributed by atoms with van der Waals surface area (Å²) in [7, 11) is 1.94. The van der Waals surface area contributed by atoms with Crippen molar-refractivity contribution in [3.8, 4) is 0 Å². The molecule has 110 valence electrons. The smallest absolute Gasteiger partial charge is 0.173 e. The van der Waals surface area contributed by atoms with Crippen LogP contribution in [0, 0.1) is 0 Å². The number of benzene rings is 1. The molecule has 0 amide bonds. The maximum atomic E-state index is 10.2. The fourth-order valence-electron chi connectivity index (χ4n) is 2.83. The fraction of sp³-hybridized carbons (Fsp3) is 0.500. The second-order valence-electron chi connectivity index (χ2n) is 5.15. The van der Waals surface area contributed by atoms with Crippen LogP contribution < -0.4 is 10.6 Å². The number of aliphatic hydroxyl groups excluding tert-OH is 1. The first-order chi connectivity index (χ1) is 9.56. The first-order valence-electron chi connectivity index (χ1n) is 6.73. The molecule has 5 nitrogen and oxygen atoms in total. The minimum atomic E-state index is -0.340. The molecule has 0 saturated heterocycles. The molecule has 2 unspecified atom stereocenters. The molecule has 1 aliphatic carbocycles. The average molecular weight is 342 g/mol. The molecule has 20 heavy (non-hydrogen) atoms. The van der Waals surface area contributed by atoms with Crippen molar-refractivity contribution in [2.75, 3.05) is 11.9 Å². The van der Waals surface area contributed by atoms with Crippen molar-refractivity contribution in [3.63, 3.8) is 0 Å². The van der Waals surface area contributed by atoms with E-state index in [2.05, 4.69) is 21.1 Å². The fourth-order valence-corrected chi connectivity index (χ4v) is 3.39. The molecule has 1 fully saturated rings. The van der Waals surface area contributed by atoms with Gasteiger partial charge in [-0.3, -0.25) is 0 Å². The second-order valence-corrected chi connectivity index (χ2v) is 6.00. The topological polar surface area (TPSA) is 82.1 Å². The van der Waals surface area contributed by atoms with Crippen LogP contribution in [0.25, 0.3) is 0 Å². The molecule has 4 N–H and O–H groups in total. The Bertz CT molecular complexity index is 507. The molecule has 2 rings (SSSR count). The third-order valence-corrected chi connectivity index (χ3v) is 4.59. The van der Waals surface area contributed by atoms with Gasteiger partial charge in [-0.1, -0.05) is 24.1 Å². The van der Waals surface area contributed by atoms with Gasteiger partial charge in [0.1, 0.15) is 0 Å². The normalized spacial score (nSPS) is 23.6. The van der Waals surface area contributed by atoms with E-state index < -0.39 is 0 Å². The summed E-state index contributed by atoms with van der Waals surface area (Å²) in [6.07, 6.45) is 3.60. The summed E-state index contributed by atoms with van der Waals surface area (Å²) >= 11 is 3.43. The molecule has 6 heteroatoms. The Morgan fingerprint density at radius 1 is 1.40 bits per heavy atom. The lowest BCUT2D eigenvalue weighted by Gasteiger charge is -2.37. The number of nitrogens with two attached hydrogens (primary N) is 1. The Morgan fingerprint density at radius 2 is 2.10 bits per heavy atom. The van der Waals surface area contributed by atoms with Crippen molar-refractivity contribution in [2.45, 2.75) is 37.8 Å². The minimum absolute atomic E-state index is 0.0586. The highest BCUT2D eigenvalue weighted by Crippen LogP contribution is 2.32. The predicted molar refractivity (Wildman–Crippen MR) is 83.3 cm³/mol. The molecule has 0 heterocycles. The van der Waals surface area contributed by atoms with E-state index in [0.29, 0.717) is 5.56 Å². The van der Waals surface area contributed by atoms with Crippen LogP contribution >= 0.6 is 15.9 Å². The van der Waals surface area contributed by atoms with Crippen LogP contribution in [0.4, 0.5) is 5.69 Å². The third kappa shape index (κ3) is 2.91. The highest BCUT2D eigenvalue weighted by molar-refractivity contribution is 9.10. The Kier molecular flexibility index (Phi) is 4.88. The number of halogens is 1. The average Bonchev–Trinajstić information content (AvgIpc) is 2.46. The molecular weight excluding hydrogens is 322 g/mol. The number of likely N-dealkylation sites (N-methyl/N-ethyl adjacent to an activating group) is 1. The molecule has 0 radical (unpaired) electrons. The number of nitrogens with zero attached hydrogens (tertiary/aromatic N) is 2. The summed E-state index contributed by atoms with van der Waals surface area (Å²) < 4.78 is 0.766. The van der Waals surface area contributed by atoms with Crippen LogP contribution in [0.2, 0.25) is 0 Å². The van der Waals surface area contributed by atoms with Gasteiger partial charge in [0.2, 0.25) is 0 Å². The highest BCUT2D eigenvalue weighted by atomic mass is 79.9. The predicted octanol–water partition coefficient (Wildman–Crippen LogP) is 2.28. The van der Waals surface area contributed by atoms with E-state index in [0.717, 1.165) is 35.8 Å². The molecule has 0 bridgehead atoms. The molecular formula is C14H20BrN3O2. The number of amidine groups is 1. The number of aliphatic hydroxyl groups is 1. The minimum Gasteiger partial charge on any atom is -0.409 e. The van der Waals surface area contributed by atoms with Gasteiger partial charge in [-0.05, 0) is 40.9 Å². The number of hydrogen-bond acceptors (Lipinski definition) is 4. The summed E-state index contributed by atoms with van der Waals surface area (Å²) in [5.74, 6) is 0.0598. The zero-order valence-electron chi connectivity index (χ0n) is 11.5. The Hall–Kier alpha value is -1.27. The SMILES string of the molecule is CN(c1cccc(Br)c1/C(N)=N/O)C1CCCCC1O. The van der Waals surface area contributed by atoms with Crippen molar-refractivity contribution in [3.05, 3.63) is 28.2 Å². The van der Waals surface area contributed by atoms with Gasteiger partial charge in [-0.15, -0.1) is 0 Å². The van der Waals surface area contributed by atoms with Crippen LogP contribution in [0.15, 0.2) is 27.8 Å². The van der Waals surface area contributed by atoms with Gasteiger partial charge in [0, 0.05) is 17.2 Å². The zero-order valence-corrected chi connectivity index (χ0v) is 13.0. The number of oxime groups is 1. The molecule has 0 aromatic heterocycles. The van der Waals surface area contributed by atoms with Gasteiger partial charge in [0.25, 0.3) is 0 Å². The molecule has 0 aliphatic heterocycles. The number of anilines is 1. The quantitative estimate of drug-likeness (QED) is 0.341. The van der Waals surface area contributed by atoms with Crippen LogP contribution in [0.5, 0.6) is 0 Å². The van der Waals surface area contributed by atoms with Gasteiger partial charge < -0.3 is 20.9 Å². The van der Waals surface area contributed by atoms with E-state index in [4.69, 9.17) is 10.9 Å². The monoisotopic (exact) mass is 341 g/mol. The molecule has 1 aliphatic rings. The van der Waals surface area contributed by atoms with Crippen LogP contribution in [-0.4, -0.2) is 35.3 Å². The van der Waals surface area contributed by atoms with E-state index >= 15 is 0 Å². The van der Waals surface area contributed by atoms with Crippen molar-refractivity contribution in [1.82, 2.24) is 0 Å². The van der Waals surface area contributed by atoms with Crippen LogP contribution in [-0.2, 0) is 0 Å². The van der Waals surface area contributed by atoms with Gasteiger partial charge in [0.15, 0.2) is 5.84 Å². The lowest BCUT2D eigenvalue weighted by molar-refractivity contribution is 0.106.